The first-order valence-corrected chi connectivity index (χ1v) is 4.98. The van der Waals surface area contributed by atoms with Crippen LogP contribution in [0.2, 0.25) is 0 Å². The summed E-state index contributed by atoms with van der Waals surface area (Å²) in [4.78, 5) is 3.81. The molecule has 0 amide bonds. The molecule has 0 heterocycles. The Morgan fingerprint density at radius 3 is 2.41 bits per heavy atom. The van der Waals surface area contributed by atoms with E-state index in [9.17, 15) is 0 Å². The van der Waals surface area contributed by atoms with Crippen molar-refractivity contribution in [2.75, 3.05) is 20.3 Å². The number of rotatable bonds is 6. The average Bonchev–Trinajstić information content (AvgIpc) is 2.29. The molecule has 0 radical (unpaired) electrons. The molecule has 0 saturated carbocycles. The second-order valence-corrected chi connectivity index (χ2v) is 3.21. The van der Waals surface area contributed by atoms with Gasteiger partial charge in [0.25, 0.3) is 0 Å². The smallest absolute Gasteiger partial charge is 0.185 e. The summed E-state index contributed by atoms with van der Waals surface area (Å²) >= 11 is 0. The zero-order chi connectivity index (χ0) is 11.8. The molecular weight excluding hydrogens is 333 g/mol. The lowest BCUT2D eigenvalue weighted by molar-refractivity contribution is 0.128. The fourth-order valence-corrected chi connectivity index (χ4v) is 1.15. The van der Waals surface area contributed by atoms with Gasteiger partial charge in [0.05, 0.1) is 26.9 Å². The van der Waals surface area contributed by atoms with Gasteiger partial charge in [-0.05, 0) is 17.7 Å². The van der Waals surface area contributed by atoms with Gasteiger partial charge in [0.2, 0.25) is 0 Å². The third-order valence-corrected chi connectivity index (χ3v) is 1.96. The van der Waals surface area contributed by atoms with Crippen molar-refractivity contribution in [1.82, 2.24) is 0 Å². The number of ether oxygens (including phenoxy) is 2. The van der Waals surface area contributed by atoms with Crippen LogP contribution in [-0.4, -0.2) is 26.2 Å². The van der Waals surface area contributed by atoms with Crippen molar-refractivity contribution < 1.29 is 9.47 Å². The Labute approximate surface area is 118 Å². The molecule has 0 fully saturated rings. The largest absolute Gasteiger partial charge is 0.497 e. The van der Waals surface area contributed by atoms with Crippen LogP contribution in [0.15, 0.2) is 29.3 Å². The Bertz CT molecular complexity index is 337. The zero-order valence-electron chi connectivity index (χ0n) is 9.76. The van der Waals surface area contributed by atoms with Crippen molar-refractivity contribution in [2.45, 2.75) is 6.61 Å². The van der Waals surface area contributed by atoms with Crippen molar-refractivity contribution >= 4 is 29.9 Å². The second-order valence-electron chi connectivity index (χ2n) is 3.21. The molecular formula is C11H18IN3O2. The second kappa shape index (κ2) is 9.06. The molecule has 0 spiro atoms. The first kappa shape index (κ1) is 16.0. The Morgan fingerprint density at radius 2 is 1.88 bits per heavy atom. The molecule has 0 aliphatic rings. The summed E-state index contributed by atoms with van der Waals surface area (Å²) in [5, 5.41) is 0. The summed E-state index contributed by atoms with van der Waals surface area (Å²) in [6.45, 7) is 1.53. The van der Waals surface area contributed by atoms with Gasteiger partial charge in [-0.25, -0.2) is 0 Å². The number of hydrogen-bond donors (Lipinski definition) is 2. The van der Waals surface area contributed by atoms with Crippen LogP contribution in [0.3, 0.4) is 0 Å². The van der Waals surface area contributed by atoms with Crippen LogP contribution < -0.4 is 16.2 Å². The summed E-state index contributed by atoms with van der Waals surface area (Å²) in [7, 11) is 1.64. The van der Waals surface area contributed by atoms with E-state index in [0.717, 1.165) is 11.3 Å². The fourth-order valence-electron chi connectivity index (χ4n) is 1.15. The molecule has 6 heteroatoms. The molecule has 1 aromatic rings. The van der Waals surface area contributed by atoms with E-state index in [0.29, 0.717) is 19.8 Å². The highest BCUT2D eigenvalue weighted by Gasteiger charge is 1.94. The van der Waals surface area contributed by atoms with Crippen LogP contribution in [0.25, 0.3) is 0 Å². The summed E-state index contributed by atoms with van der Waals surface area (Å²) in [5.41, 5.74) is 11.4. The van der Waals surface area contributed by atoms with Crippen LogP contribution in [0.5, 0.6) is 5.75 Å². The van der Waals surface area contributed by atoms with E-state index in [1.807, 2.05) is 24.3 Å². The van der Waals surface area contributed by atoms with E-state index in [4.69, 9.17) is 20.9 Å². The number of halogens is 1. The maximum absolute atomic E-state index is 5.38. The highest BCUT2D eigenvalue weighted by atomic mass is 127. The van der Waals surface area contributed by atoms with Gasteiger partial charge >= 0.3 is 0 Å². The van der Waals surface area contributed by atoms with Crippen molar-refractivity contribution in [3.63, 3.8) is 0 Å². The van der Waals surface area contributed by atoms with Gasteiger partial charge in [-0.2, -0.15) is 0 Å². The standard InChI is InChI=1S/C11H17N3O2.HI/c1-15-10-4-2-9(3-5-10)8-16-7-6-14-11(12)13;/h2-5H,6-8H2,1H3,(H4,12,13,14);1H. The van der Waals surface area contributed by atoms with E-state index < -0.39 is 0 Å². The number of benzene rings is 1. The molecule has 1 rings (SSSR count). The third-order valence-electron chi connectivity index (χ3n) is 1.96. The van der Waals surface area contributed by atoms with Crippen LogP contribution in [0, 0.1) is 0 Å². The van der Waals surface area contributed by atoms with Crippen molar-refractivity contribution in [1.29, 1.82) is 0 Å². The summed E-state index contributed by atoms with van der Waals surface area (Å²) in [6.07, 6.45) is 0. The van der Waals surface area contributed by atoms with Crippen LogP contribution in [0.4, 0.5) is 0 Å². The van der Waals surface area contributed by atoms with E-state index >= 15 is 0 Å². The predicted molar refractivity (Wildman–Crippen MR) is 78.7 cm³/mol. The van der Waals surface area contributed by atoms with Crippen LogP contribution >= 0.6 is 24.0 Å². The first-order valence-electron chi connectivity index (χ1n) is 4.98. The topological polar surface area (TPSA) is 82.9 Å². The van der Waals surface area contributed by atoms with E-state index in [1.54, 1.807) is 7.11 Å². The van der Waals surface area contributed by atoms with Gasteiger partial charge in [0.15, 0.2) is 5.96 Å². The summed E-state index contributed by atoms with van der Waals surface area (Å²) in [6, 6.07) is 7.71. The molecule has 0 bridgehead atoms. The molecule has 0 aromatic heterocycles. The van der Waals surface area contributed by atoms with Gasteiger partial charge in [0, 0.05) is 0 Å². The molecule has 0 atom stereocenters. The predicted octanol–water partition coefficient (Wildman–Crippen LogP) is 1.10. The summed E-state index contributed by atoms with van der Waals surface area (Å²) < 4.78 is 10.4. The minimum Gasteiger partial charge on any atom is -0.497 e. The Kier molecular flexibility index (Phi) is 8.51. The molecule has 0 unspecified atom stereocenters. The fraction of sp³-hybridized carbons (Fsp3) is 0.364. The maximum Gasteiger partial charge on any atom is 0.185 e. The van der Waals surface area contributed by atoms with Gasteiger partial charge in [-0.1, -0.05) is 12.1 Å². The lowest BCUT2D eigenvalue weighted by atomic mass is 10.2. The SMILES string of the molecule is COc1ccc(COCCN=C(N)N)cc1.I. The third kappa shape index (κ3) is 7.01. The normalized spacial score (nSPS) is 9.24. The Hall–Kier alpha value is -1.02. The van der Waals surface area contributed by atoms with Crippen LogP contribution in [-0.2, 0) is 11.3 Å². The van der Waals surface area contributed by atoms with Crippen molar-refractivity contribution in [2.24, 2.45) is 16.5 Å². The Balaban J connectivity index is 0.00000256. The minimum atomic E-state index is 0. The lowest BCUT2D eigenvalue weighted by Gasteiger charge is -2.04. The number of methoxy groups -OCH3 is 1. The highest BCUT2D eigenvalue weighted by molar-refractivity contribution is 14.0. The molecule has 17 heavy (non-hydrogen) atoms. The average molecular weight is 351 g/mol. The molecule has 0 aliphatic heterocycles. The number of guanidine groups is 1. The molecule has 96 valence electrons. The zero-order valence-corrected chi connectivity index (χ0v) is 12.1. The first-order chi connectivity index (χ1) is 7.72. The van der Waals surface area contributed by atoms with E-state index in [-0.39, 0.29) is 29.9 Å². The van der Waals surface area contributed by atoms with Crippen molar-refractivity contribution in [3.8, 4) is 5.75 Å². The molecule has 4 N–H and O–H groups in total. The highest BCUT2D eigenvalue weighted by Crippen LogP contribution is 2.11. The van der Waals surface area contributed by atoms with Crippen LogP contribution in [0.1, 0.15) is 5.56 Å². The summed E-state index contributed by atoms with van der Waals surface area (Å²) in [5.74, 6) is 0.928. The quantitative estimate of drug-likeness (QED) is 0.348. The van der Waals surface area contributed by atoms with Crippen molar-refractivity contribution in [3.05, 3.63) is 29.8 Å². The minimum absolute atomic E-state index is 0. The number of nitrogens with zero attached hydrogens (tertiary/aromatic N) is 1. The van der Waals surface area contributed by atoms with E-state index in [2.05, 4.69) is 4.99 Å². The van der Waals surface area contributed by atoms with Gasteiger partial charge in [0.1, 0.15) is 5.75 Å². The number of nitrogens with two attached hydrogens (primary N) is 2. The lowest BCUT2D eigenvalue weighted by Crippen LogP contribution is -2.23. The molecule has 5 nitrogen and oxygen atoms in total. The maximum atomic E-state index is 5.38. The van der Waals surface area contributed by atoms with Gasteiger partial charge in [-0.15, -0.1) is 24.0 Å². The Morgan fingerprint density at radius 1 is 1.24 bits per heavy atom. The van der Waals surface area contributed by atoms with Gasteiger partial charge < -0.3 is 20.9 Å². The molecule has 0 aliphatic carbocycles. The van der Waals surface area contributed by atoms with E-state index in [1.165, 1.54) is 0 Å². The van der Waals surface area contributed by atoms with Gasteiger partial charge in [-0.3, -0.25) is 4.99 Å². The number of aliphatic imine (C=N–C) groups is 1. The number of hydrogen-bond acceptors (Lipinski definition) is 3. The monoisotopic (exact) mass is 351 g/mol. The molecule has 1 aromatic carbocycles. The molecule has 0 saturated heterocycles.